The predicted octanol–water partition coefficient (Wildman–Crippen LogP) is 8.66. The normalized spacial score (nSPS) is 12.4. The summed E-state index contributed by atoms with van der Waals surface area (Å²) < 4.78 is 10.3. The summed E-state index contributed by atoms with van der Waals surface area (Å²) in [5.41, 5.74) is 9.18. The van der Waals surface area contributed by atoms with Crippen LogP contribution in [0.1, 0.15) is 16.7 Å². The summed E-state index contributed by atoms with van der Waals surface area (Å²) in [5.74, 6) is 0.880. The molecule has 46 heavy (non-hydrogen) atoms. The lowest BCUT2D eigenvalue weighted by Crippen LogP contribution is -1.97. The van der Waals surface area contributed by atoms with Gasteiger partial charge in [-0.2, -0.15) is 0 Å². The molecule has 3 aromatic heterocycles. The summed E-state index contributed by atoms with van der Waals surface area (Å²) in [7, 11) is 0. The molecule has 228 valence electrons. The van der Waals surface area contributed by atoms with Crippen LogP contribution in [0.2, 0.25) is 0 Å². The second kappa shape index (κ2) is 15.5. The Labute approximate surface area is 267 Å². The number of fused-ring (bicyclic) bond motifs is 5. The standard InChI is InChI=1S/C9H8.C8H7NO.C8H9N.C8H6O.C5H4N4/c1-2-5-9-7-3-6-8(9)4-1;1-2-4-8-7(3-1)9-5-6-10-8;2*1-2-4-8-7(3-1)5-6-9-8;1-4-5(8-2-6-1)9-3-7-4/h1-6H,7H2;1-6,9H;1-4,9H,5-6H2;1-6H;1-3H,(H,6,7,8,9). The summed E-state index contributed by atoms with van der Waals surface area (Å²) in [5, 5.41) is 7.52. The molecule has 3 aliphatic rings. The van der Waals surface area contributed by atoms with E-state index in [9.17, 15) is 0 Å². The largest absolute Gasteiger partial charge is 0.464 e. The Morgan fingerprint density at radius 2 is 1.54 bits per heavy atom. The number of hydrogen-bond acceptors (Lipinski definition) is 7. The average molecular weight is 607 g/mol. The van der Waals surface area contributed by atoms with E-state index in [1.54, 1.807) is 31.2 Å². The van der Waals surface area contributed by atoms with Crippen LogP contribution in [-0.4, -0.2) is 26.5 Å². The minimum Gasteiger partial charge on any atom is -0.464 e. The molecule has 5 heterocycles. The lowest BCUT2D eigenvalue weighted by atomic mass is 10.1. The number of ether oxygens (including phenoxy) is 1. The quantitative estimate of drug-likeness (QED) is 0.159. The lowest BCUT2D eigenvalue weighted by molar-refractivity contribution is 0.477. The Hall–Kier alpha value is -6.15. The third kappa shape index (κ3) is 8.06. The fourth-order valence-electron chi connectivity index (χ4n) is 4.95. The van der Waals surface area contributed by atoms with Gasteiger partial charge in [0.1, 0.15) is 29.4 Å². The first-order chi connectivity index (χ1) is 22.8. The number of rotatable bonds is 0. The number of aromatic nitrogens is 4. The van der Waals surface area contributed by atoms with E-state index in [1.807, 2.05) is 54.6 Å². The van der Waals surface area contributed by atoms with E-state index in [2.05, 4.69) is 91.3 Å². The molecule has 1 aliphatic carbocycles. The Balaban J connectivity index is 0.000000101. The van der Waals surface area contributed by atoms with Crippen LogP contribution in [0.4, 0.5) is 11.4 Å². The predicted molar refractivity (Wildman–Crippen MR) is 186 cm³/mol. The van der Waals surface area contributed by atoms with Crippen LogP contribution < -0.4 is 15.4 Å². The molecule has 4 aromatic carbocycles. The molecule has 0 atom stereocenters. The van der Waals surface area contributed by atoms with Crippen LogP contribution in [0.15, 0.2) is 151 Å². The number of allylic oxidation sites excluding steroid dienone is 1. The first kappa shape index (κ1) is 29.9. The number of nitrogens with one attached hydrogen (secondary N) is 3. The molecule has 8 heteroatoms. The second-order valence-electron chi connectivity index (χ2n) is 10.3. The molecule has 0 saturated heterocycles. The van der Waals surface area contributed by atoms with Crippen LogP contribution >= 0.6 is 0 Å². The molecular formula is C38H34N6O2. The number of aromatic amines is 1. The van der Waals surface area contributed by atoms with Gasteiger partial charge in [0.15, 0.2) is 5.65 Å². The summed E-state index contributed by atoms with van der Waals surface area (Å²) in [6.45, 7) is 1.11. The van der Waals surface area contributed by atoms with Crippen LogP contribution in [0, 0.1) is 0 Å². The smallest absolute Gasteiger partial charge is 0.180 e. The summed E-state index contributed by atoms with van der Waals surface area (Å²) in [6.07, 6.45) is 16.5. The van der Waals surface area contributed by atoms with Crippen molar-refractivity contribution in [2.24, 2.45) is 0 Å². The van der Waals surface area contributed by atoms with Crippen molar-refractivity contribution in [2.75, 3.05) is 17.2 Å². The zero-order valence-electron chi connectivity index (χ0n) is 25.2. The number of para-hydroxylation sites is 4. The van der Waals surface area contributed by atoms with Crippen LogP contribution in [0.25, 0.3) is 28.2 Å². The number of imidazole rings is 1. The number of furan rings is 1. The van der Waals surface area contributed by atoms with E-state index in [1.165, 1.54) is 35.1 Å². The summed E-state index contributed by atoms with van der Waals surface area (Å²) in [6, 6.07) is 34.7. The highest BCUT2D eigenvalue weighted by atomic mass is 16.5. The Morgan fingerprint density at radius 3 is 2.39 bits per heavy atom. The van der Waals surface area contributed by atoms with Gasteiger partial charge in [0.05, 0.1) is 24.5 Å². The van der Waals surface area contributed by atoms with E-state index < -0.39 is 0 Å². The van der Waals surface area contributed by atoms with Crippen molar-refractivity contribution in [1.29, 1.82) is 0 Å². The van der Waals surface area contributed by atoms with Gasteiger partial charge in [-0.15, -0.1) is 0 Å². The molecule has 0 amide bonds. The molecule has 0 fully saturated rings. The number of benzene rings is 4. The molecule has 8 nitrogen and oxygen atoms in total. The third-order valence-corrected chi connectivity index (χ3v) is 7.27. The first-order valence-electron chi connectivity index (χ1n) is 15.1. The van der Waals surface area contributed by atoms with Crippen molar-refractivity contribution < 1.29 is 9.15 Å². The minimum absolute atomic E-state index is 0.713. The lowest BCUT2D eigenvalue weighted by Gasteiger charge is -2.11. The molecule has 0 saturated carbocycles. The maximum Gasteiger partial charge on any atom is 0.180 e. The molecular weight excluding hydrogens is 572 g/mol. The van der Waals surface area contributed by atoms with Gasteiger partial charge in [-0.1, -0.05) is 84.9 Å². The van der Waals surface area contributed by atoms with Gasteiger partial charge in [0.2, 0.25) is 0 Å². The fourth-order valence-corrected chi connectivity index (χ4v) is 4.95. The minimum atomic E-state index is 0.713. The van der Waals surface area contributed by atoms with Crippen molar-refractivity contribution in [3.63, 3.8) is 0 Å². The van der Waals surface area contributed by atoms with E-state index in [0.717, 1.165) is 40.9 Å². The molecule has 7 aromatic rings. The fraction of sp³-hybridized carbons (Fsp3) is 0.0789. The molecule has 0 unspecified atom stereocenters. The maximum absolute atomic E-state index is 5.18. The zero-order chi connectivity index (χ0) is 31.2. The average Bonchev–Trinajstić information content (AvgIpc) is 3.96. The first-order valence-corrected chi connectivity index (χ1v) is 15.1. The topological polar surface area (TPSA) is 101 Å². The molecule has 0 spiro atoms. The summed E-state index contributed by atoms with van der Waals surface area (Å²) in [4.78, 5) is 14.5. The molecule has 10 rings (SSSR count). The zero-order valence-corrected chi connectivity index (χ0v) is 25.2. The highest BCUT2D eigenvalue weighted by Gasteiger charge is 2.06. The third-order valence-electron chi connectivity index (χ3n) is 7.27. The molecule has 0 bridgehead atoms. The Bertz CT molecular complexity index is 1860. The number of nitrogens with zero attached hydrogens (tertiary/aromatic N) is 3. The SMILES string of the molecule is C1=COc2ccccc2N1.C1=Cc2ccccc2C1.c1ccc2c(c1)CCN2.c1ccc2occc2c1.c1ncc2[nH]cnc2n1. The monoisotopic (exact) mass is 606 g/mol. The van der Waals surface area contributed by atoms with Crippen molar-refractivity contribution in [3.8, 4) is 5.75 Å². The van der Waals surface area contributed by atoms with Gasteiger partial charge in [0.25, 0.3) is 0 Å². The molecule has 3 N–H and O–H groups in total. The van der Waals surface area contributed by atoms with Gasteiger partial charge < -0.3 is 24.8 Å². The Morgan fingerprint density at radius 1 is 0.739 bits per heavy atom. The van der Waals surface area contributed by atoms with Crippen LogP contribution in [-0.2, 0) is 12.8 Å². The van der Waals surface area contributed by atoms with Crippen LogP contribution in [0.5, 0.6) is 5.75 Å². The van der Waals surface area contributed by atoms with Gasteiger partial charge in [-0.3, -0.25) is 0 Å². The van der Waals surface area contributed by atoms with Gasteiger partial charge in [0, 0.05) is 23.8 Å². The van der Waals surface area contributed by atoms with E-state index in [4.69, 9.17) is 9.15 Å². The van der Waals surface area contributed by atoms with Crippen molar-refractivity contribution in [3.05, 3.63) is 163 Å². The van der Waals surface area contributed by atoms with Crippen molar-refractivity contribution in [2.45, 2.75) is 12.8 Å². The highest BCUT2D eigenvalue weighted by molar-refractivity contribution is 5.76. The van der Waals surface area contributed by atoms with Crippen molar-refractivity contribution >= 4 is 39.6 Å². The van der Waals surface area contributed by atoms with E-state index in [-0.39, 0.29) is 0 Å². The number of H-pyrrole nitrogens is 1. The number of anilines is 2. The second-order valence-corrected chi connectivity index (χ2v) is 10.3. The number of hydrogen-bond donors (Lipinski definition) is 3. The highest BCUT2D eigenvalue weighted by Crippen LogP contribution is 2.26. The molecule has 2 aliphatic heterocycles. The Kier molecular flexibility index (Phi) is 10.1. The maximum atomic E-state index is 5.18. The molecule has 0 radical (unpaired) electrons. The summed E-state index contributed by atoms with van der Waals surface area (Å²) >= 11 is 0. The van der Waals surface area contributed by atoms with Gasteiger partial charge >= 0.3 is 0 Å². The van der Waals surface area contributed by atoms with Crippen LogP contribution in [0.3, 0.4) is 0 Å². The van der Waals surface area contributed by atoms with E-state index in [0.29, 0.717) is 5.65 Å². The van der Waals surface area contributed by atoms with E-state index >= 15 is 0 Å². The van der Waals surface area contributed by atoms with Gasteiger partial charge in [-0.05, 0) is 59.9 Å². The van der Waals surface area contributed by atoms with Crippen molar-refractivity contribution in [1.82, 2.24) is 19.9 Å². The van der Waals surface area contributed by atoms with Gasteiger partial charge in [-0.25, -0.2) is 15.0 Å².